The van der Waals surface area contributed by atoms with E-state index in [0.717, 1.165) is 11.8 Å². The van der Waals surface area contributed by atoms with Gasteiger partial charge in [0, 0.05) is 25.6 Å². The molecule has 2 aromatic carbocycles. The van der Waals surface area contributed by atoms with Crippen molar-refractivity contribution in [3.8, 4) is 23.0 Å². The molecule has 186 valence electrons. The van der Waals surface area contributed by atoms with Crippen LogP contribution in [0.25, 0.3) is 0 Å². The van der Waals surface area contributed by atoms with Gasteiger partial charge in [-0.3, -0.25) is 9.10 Å². The number of amides is 1. The molecule has 2 aromatic rings. The van der Waals surface area contributed by atoms with Crippen molar-refractivity contribution >= 4 is 21.6 Å². The van der Waals surface area contributed by atoms with E-state index in [1.54, 1.807) is 18.2 Å². The fourth-order valence-electron chi connectivity index (χ4n) is 3.55. The minimum Gasteiger partial charge on any atom is -0.490 e. The van der Waals surface area contributed by atoms with E-state index in [0.29, 0.717) is 68.1 Å². The van der Waals surface area contributed by atoms with Crippen LogP contribution in [0.4, 0.5) is 5.69 Å². The third-order valence-electron chi connectivity index (χ3n) is 5.08. The Balaban J connectivity index is 1.55. The van der Waals surface area contributed by atoms with Crippen LogP contribution in [-0.2, 0) is 21.4 Å². The number of carbonyl (C=O) groups is 1. The van der Waals surface area contributed by atoms with Gasteiger partial charge in [-0.15, -0.1) is 0 Å². The summed E-state index contributed by atoms with van der Waals surface area (Å²) in [5.41, 5.74) is 1.36. The van der Waals surface area contributed by atoms with Gasteiger partial charge in [-0.1, -0.05) is 6.07 Å². The highest BCUT2D eigenvalue weighted by Gasteiger charge is 2.21. The quantitative estimate of drug-likeness (QED) is 0.486. The molecule has 0 bridgehead atoms. The van der Waals surface area contributed by atoms with Crippen LogP contribution >= 0.6 is 0 Å². The largest absolute Gasteiger partial charge is 0.490 e. The summed E-state index contributed by atoms with van der Waals surface area (Å²) >= 11 is 0. The third kappa shape index (κ3) is 6.93. The lowest BCUT2D eigenvalue weighted by molar-refractivity contribution is -0.121. The highest BCUT2D eigenvalue weighted by atomic mass is 32.2. The Labute approximate surface area is 201 Å². The predicted molar refractivity (Wildman–Crippen MR) is 129 cm³/mol. The molecule has 34 heavy (non-hydrogen) atoms. The Kier molecular flexibility index (Phi) is 8.86. The van der Waals surface area contributed by atoms with Crippen molar-refractivity contribution in [1.29, 1.82) is 0 Å². The van der Waals surface area contributed by atoms with E-state index in [4.69, 9.17) is 18.9 Å². The number of benzene rings is 2. The lowest BCUT2D eigenvalue weighted by Crippen LogP contribution is -2.32. The van der Waals surface area contributed by atoms with Crippen LogP contribution in [0.3, 0.4) is 0 Å². The summed E-state index contributed by atoms with van der Waals surface area (Å²) in [6, 6.07) is 10.6. The molecule has 0 atom stereocenters. The zero-order valence-corrected chi connectivity index (χ0v) is 20.7. The molecule has 0 unspecified atom stereocenters. The summed E-state index contributed by atoms with van der Waals surface area (Å²) in [4.78, 5) is 12.4. The fourth-order valence-corrected chi connectivity index (χ4v) is 4.51. The van der Waals surface area contributed by atoms with E-state index >= 15 is 0 Å². The minimum atomic E-state index is -3.54. The molecular formula is C24H32N2O7S. The van der Waals surface area contributed by atoms with Crippen LogP contribution in [0.5, 0.6) is 23.0 Å². The molecule has 1 amide bonds. The Morgan fingerprint density at radius 3 is 2.41 bits per heavy atom. The zero-order chi connectivity index (χ0) is 24.6. The molecule has 10 heteroatoms. The summed E-state index contributed by atoms with van der Waals surface area (Å²) in [6.07, 6.45) is 1.69. The number of fused-ring (bicyclic) bond motifs is 1. The van der Waals surface area contributed by atoms with E-state index < -0.39 is 10.0 Å². The molecule has 9 nitrogen and oxygen atoms in total. The molecule has 0 aliphatic carbocycles. The second-order valence-electron chi connectivity index (χ2n) is 7.69. The van der Waals surface area contributed by atoms with E-state index in [1.807, 2.05) is 32.0 Å². The van der Waals surface area contributed by atoms with E-state index in [1.165, 1.54) is 4.31 Å². The van der Waals surface area contributed by atoms with Gasteiger partial charge in [0.1, 0.15) is 13.2 Å². The number of sulfonamides is 1. The summed E-state index contributed by atoms with van der Waals surface area (Å²) in [5.74, 6) is 2.24. The standard InChI is InChI=1S/C24H32N2O7S/c1-4-30-20-10-8-18(15-22(20)31-5-2)17-25-24(27)7-6-12-26(34(3,28)29)19-9-11-21-23(16-19)33-14-13-32-21/h8-11,15-16H,4-7,12-14,17H2,1-3H3,(H,25,27). The van der Waals surface area contributed by atoms with Crippen molar-refractivity contribution < 1.29 is 32.2 Å². The van der Waals surface area contributed by atoms with Crippen molar-refractivity contribution in [2.75, 3.05) is 43.5 Å². The Bertz CT molecular complexity index is 1090. The average molecular weight is 493 g/mol. The SMILES string of the molecule is CCOc1ccc(CNC(=O)CCCN(c2ccc3c(c2)OCCO3)S(C)(=O)=O)cc1OCC. The van der Waals surface area contributed by atoms with Crippen molar-refractivity contribution in [2.24, 2.45) is 0 Å². The second-order valence-corrected chi connectivity index (χ2v) is 9.60. The summed E-state index contributed by atoms with van der Waals surface area (Å²) in [5, 5.41) is 2.87. The van der Waals surface area contributed by atoms with Crippen molar-refractivity contribution in [2.45, 2.75) is 33.2 Å². The molecule has 3 rings (SSSR count). The molecule has 1 aliphatic heterocycles. The number of carbonyl (C=O) groups excluding carboxylic acids is 1. The van der Waals surface area contributed by atoms with E-state index in [9.17, 15) is 13.2 Å². The van der Waals surface area contributed by atoms with Crippen LogP contribution in [-0.4, -0.2) is 53.6 Å². The van der Waals surface area contributed by atoms with Gasteiger partial charge >= 0.3 is 0 Å². The Hall–Kier alpha value is -3.14. The first kappa shape index (κ1) is 25.5. The zero-order valence-electron chi connectivity index (χ0n) is 19.8. The van der Waals surface area contributed by atoms with E-state index in [2.05, 4.69) is 5.32 Å². The second kappa shape index (κ2) is 11.8. The molecule has 1 aliphatic rings. The summed E-state index contributed by atoms with van der Waals surface area (Å²) < 4.78 is 48.3. The first-order valence-corrected chi connectivity index (χ1v) is 13.2. The maximum absolute atomic E-state index is 12.4. The van der Waals surface area contributed by atoms with Gasteiger partial charge in [-0.25, -0.2) is 8.42 Å². The van der Waals surface area contributed by atoms with Gasteiger partial charge in [-0.2, -0.15) is 0 Å². The topological polar surface area (TPSA) is 103 Å². The van der Waals surface area contributed by atoms with Crippen molar-refractivity contribution in [3.05, 3.63) is 42.0 Å². The fraction of sp³-hybridized carbons (Fsp3) is 0.458. The molecule has 1 heterocycles. The van der Waals surface area contributed by atoms with Crippen LogP contribution in [0.2, 0.25) is 0 Å². The number of rotatable bonds is 12. The number of nitrogens with one attached hydrogen (secondary N) is 1. The van der Waals surface area contributed by atoms with Crippen LogP contribution in [0, 0.1) is 0 Å². The monoisotopic (exact) mass is 492 g/mol. The number of hydrogen-bond donors (Lipinski definition) is 1. The first-order valence-electron chi connectivity index (χ1n) is 11.3. The molecule has 0 radical (unpaired) electrons. The van der Waals surface area contributed by atoms with Gasteiger partial charge in [-0.05, 0) is 50.1 Å². The minimum absolute atomic E-state index is 0.164. The predicted octanol–water partition coefficient (Wildman–Crippen LogP) is 3.12. The molecule has 0 fully saturated rings. The molecule has 1 N–H and O–H groups in total. The normalized spacial score (nSPS) is 12.7. The molecular weight excluding hydrogens is 460 g/mol. The highest BCUT2D eigenvalue weighted by Crippen LogP contribution is 2.34. The average Bonchev–Trinajstić information content (AvgIpc) is 2.81. The number of nitrogens with zero attached hydrogens (tertiary/aromatic N) is 1. The van der Waals surface area contributed by atoms with Crippen molar-refractivity contribution in [1.82, 2.24) is 5.32 Å². The summed E-state index contributed by atoms with van der Waals surface area (Å²) in [7, 11) is -3.54. The maximum Gasteiger partial charge on any atom is 0.232 e. The Morgan fingerprint density at radius 2 is 1.71 bits per heavy atom. The van der Waals surface area contributed by atoms with Crippen LogP contribution in [0.1, 0.15) is 32.3 Å². The molecule has 0 spiro atoms. The van der Waals surface area contributed by atoms with Gasteiger partial charge in [0.25, 0.3) is 0 Å². The number of anilines is 1. The van der Waals surface area contributed by atoms with Gasteiger partial charge in [0.2, 0.25) is 15.9 Å². The third-order valence-corrected chi connectivity index (χ3v) is 6.27. The lowest BCUT2D eigenvalue weighted by atomic mass is 10.2. The molecule has 0 saturated heterocycles. The number of ether oxygens (including phenoxy) is 4. The maximum atomic E-state index is 12.4. The lowest BCUT2D eigenvalue weighted by Gasteiger charge is -2.25. The first-order chi connectivity index (χ1) is 16.3. The van der Waals surface area contributed by atoms with Gasteiger partial charge in [0.15, 0.2) is 23.0 Å². The number of hydrogen-bond acceptors (Lipinski definition) is 7. The Morgan fingerprint density at radius 1 is 1.00 bits per heavy atom. The molecule has 0 saturated carbocycles. The molecule has 0 aromatic heterocycles. The van der Waals surface area contributed by atoms with E-state index in [-0.39, 0.29) is 18.9 Å². The van der Waals surface area contributed by atoms with Gasteiger partial charge in [0.05, 0.1) is 25.2 Å². The smallest absolute Gasteiger partial charge is 0.232 e. The van der Waals surface area contributed by atoms with Crippen LogP contribution < -0.4 is 28.6 Å². The summed E-state index contributed by atoms with van der Waals surface area (Å²) in [6.45, 7) is 6.23. The van der Waals surface area contributed by atoms with Crippen molar-refractivity contribution in [3.63, 3.8) is 0 Å². The van der Waals surface area contributed by atoms with Crippen LogP contribution in [0.15, 0.2) is 36.4 Å². The highest BCUT2D eigenvalue weighted by molar-refractivity contribution is 7.92. The van der Waals surface area contributed by atoms with Gasteiger partial charge < -0.3 is 24.3 Å².